The van der Waals surface area contributed by atoms with E-state index in [0.29, 0.717) is 12.5 Å². The van der Waals surface area contributed by atoms with Gasteiger partial charge in [0.25, 0.3) is 0 Å². The average molecular weight is 166 g/mol. The van der Waals surface area contributed by atoms with Crippen LogP contribution in [-0.2, 0) is 6.54 Å². The maximum atomic E-state index is 5.44. The lowest BCUT2D eigenvalue weighted by Crippen LogP contribution is -1.98. The van der Waals surface area contributed by atoms with Crippen molar-refractivity contribution in [3.8, 4) is 0 Å². The second kappa shape index (κ2) is 3.27. The van der Waals surface area contributed by atoms with Crippen LogP contribution >= 0.6 is 0 Å². The SMILES string of the molecule is NCc1coc(C2CCCC2)n1. The number of oxazole rings is 1. The largest absolute Gasteiger partial charge is 0.448 e. The van der Waals surface area contributed by atoms with E-state index >= 15 is 0 Å². The van der Waals surface area contributed by atoms with Gasteiger partial charge in [-0.05, 0) is 12.8 Å². The van der Waals surface area contributed by atoms with E-state index < -0.39 is 0 Å². The minimum absolute atomic E-state index is 0.482. The second-order valence-electron chi connectivity index (χ2n) is 3.36. The quantitative estimate of drug-likeness (QED) is 0.728. The van der Waals surface area contributed by atoms with Crippen molar-refractivity contribution >= 4 is 0 Å². The fourth-order valence-corrected chi connectivity index (χ4v) is 1.78. The summed E-state index contributed by atoms with van der Waals surface area (Å²) in [5.41, 5.74) is 6.31. The van der Waals surface area contributed by atoms with E-state index in [2.05, 4.69) is 4.98 Å². The van der Waals surface area contributed by atoms with Crippen LogP contribution in [0.5, 0.6) is 0 Å². The van der Waals surface area contributed by atoms with Crippen LogP contribution < -0.4 is 5.73 Å². The Balaban J connectivity index is 2.11. The van der Waals surface area contributed by atoms with E-state index in [1.807, 2.05) is 0 Å². The van der Waals surface area contributed by atoms with Gasteiger partial charge in [0.2, 0.25) is 0 Å². The minimum atomic E-state index is 0.482. The Labute approximate surface area is 72.0 Å². The zero-order valence-corrected chi connectivity index (χ0v) is 7.12. The van der Waals surface area contributed by atoms with Crippen LogP contribution in [0.15, 0.2) is 10.7 Å². The highest BCUT2D eigenvalue weighted by molar-refractivity contribution is 5.01. The zero-order valence-electron chi connectivity index (χ0n) is 7.12. The van der Waals surface area contributed by atoms with Crippen molar-refractivity contribution in [1.82, 2.24) is 4.98 Å². The highest BCUT2D eigenvalue weighted by atomic mass is 16.3. The molecule has 3 nitrogen and oxygen atoms in total. The topological polar surface area (TPSA) is 52.0 Å². The third-order valence-corrected chi connectivity index (χ3v) is 2.48. The number of aromatic nitrogens is 1. The molecule has 0 bridgehead atoms. The Kier molecular flexibility index (Phi) is 2.13. The Morgan fingerprint density at radius 1 is 1.50 bits per heavy atom. The average Bonchev–Trinajstić information content (AvgIpc) is 2.75. The molecule has 2 N–H and O–H groups in total. The van der Waals surface area contributed by atoms with Crippen molar-refractivity contribution < 1.29 is 4.42 Å². The summed E-state index contributed by atoms with van der Waals surface area (Å²) >= 11 is 0. The third-order valence-electron chi connectivity index (χ3n) is 2.48. The van der Waals surface area contributed by atoms with Gasteiger partial charge in [0.15, 0.2) is 5.89 Å². The maximum absolute atomic E-state index is 5.44. The van der Waals surface area contributed by atoms with E-state index in [-0.39, 0.29) is 0 Å². The molecule has 1 aliphatic rings. The van der Waals surface area contributed by atoms with Crippen LogP contribution in [0.2, 0.25) is 0 Å². The summed E-state index contributed by atoms with van der Waals surface area (Å²) in [4.78, 5) is 4.32. The number of rotatable bonds is 2. The molecule has 0 spiro atoms. The Morgan fingerprint density at radius 2 is 2.25 bits per heavy atom. The molecule has 0 aliphatic heterocycles. The van der Waals surface area contributed by atoms with Crippen molar-refractivity contribution in [3.63, 3.8) is 0 Å². The van der Waals surface area contributed by atoms with Gasteiger partial charge in [-0.2, -0.15) is 0 Å². The molecule has 1 heterocycles. The predicted molar refractivity (Wildman–Crippen MR) is 45.6 cm³/mol. The van der Waals surface area contributed by atoms with Crippen molar-refractivity contribution in [3.05, 3.63) is 17.8 Å². The van der Waals surface area contributed by atoms with Gasteiger partial charge in [0.1, 0.15) is 6.26 Å². The Bertz CT molecular complexity index is 251. The lowest BCUT2D eigenvalue weighted by Gasteiger charge is -2.00. The Morgan fingerprint density at radius 3 is 2.83 bits per heavy atom. The summed E-state index contributed by atoms with van der Waals surface area (Å²) in [6.45, 7) is 0.482. The molecule has 3 heteroatoms. The molecule has 0 aromatic carbocycles. The number of nitrogens with zero attached hydrogens (tertiary/aromatic N) is 1. The van der Waals surface area contributed by atoms with E-state index in [9.17, 15) is 0 Å². The first kappa shape index (κ1) is 7.80. The molecule has 1 aliphatic carbocycles. The second-order valence-corrected chi connectivity index (χ2v) is 3.36. The van der Waals surface area contributed by atoms with Crippen molar-refractivity contribution in [2.24, 2.45) is 5.73 Å². The molecule has 0 saturated heterocycles. The van der Waals surface area contributed by atoms with Gasteiger partial charge in [-0.25, -0.2) is 4.98 Å². The van der Waals surface area contributed by atoms with Crippen molar-refractivity contribution in [2.45, 2.75) is 38.1 Å². The molecular weight excluding hydrogens is 152 g/mol. The molecule has 2 rings (SSSR count). The van der Waals surface area contributed by atoms with Crippen LogP contribution in [0.4, 0.5) is 0 Å². The molecule has 0 atom stereocenters. The lowest BCUT2D eigenvalue weighted by molar-refractivity contribution is 0.448. The van der Waals surface area contributed by atoms with Gasteiger partial charge >= 0.3 is 0 Å². The van der Waals surface area contributed by atoms with Gasteiger partial charge < -0.3 is 10.2 Å². The third kappa shape index (κ3) is 1.37. The maximum Gasteiger partial charge on any atom is 0.197 e. The first-order valence-corrected chi connectivity index (χ1v) is 4.54. The summed E-state index contributed by atoms with van der Waals surface area (Å²) < 4.78 is 5.35. The van der Waals surface area contributed by atoms with Crippen LogP contribution in [0.25, 0.3) is 0 Å². The molecule has 1 aromatic heterocycles. The lowest BCUT2D eigenvalue weighted by atomic mass is 10.1. The van der Waals surface area contributed by atoms with Crippen LogP contribution in [-0.4, -0.2) is 4.98 Å². The summed E-state index contributed by atoms with van der Waals surface area (Å²) in [6.07, 6.45) is 6.75. The smallest absolute Gasteiger partial charge is 0.197 e. The van der Waals surface area contributed by atoms with E-state index in [4.69, 9.17) is 10.2 Å². The van der Waals surface area contributed by atoms with Crippen molar-refractivity contribution in [1.29, 1.82) is 0 Å². The summed E-state index contributed by atoms with van der Waals surface area (Å²) in [6, 6.07) is 0. The van der Waals surface area contributed by atoms with Gasteiger partial charge in [-0.15, -0.1) is 0 Å². The fourth-order valence-electron chi connectivity index (χ4n) is 1.78. The van der Waals surface area contributed by atoms with E-state index in [1.165, 1.54) is 25.7 Å². The predicted octanol–water partition coefficient (Wildman–Crippen LogP) is 1.79. The van der Waals surface area contributed by atoms with E-state index in [0.717, 1.165) is 11.6 Å². The van der Waals surface area contributed by atoms with Gasteiger partial charge in [0, 0.05) is 12.5 Å². The zero-order chi connectivity index (χ0) is 8.39. The molecule has 12 heavy (non-hydrogen) atoms. The fraction of sp³-hybridized carbons (Fsp3) is 0.667. The molecule has 66 valence electrons. The van der Waals surface area contributed by atoms with Gasteiger partial charge in [-0.3, -0.25) is 0 Å². The number of nitrogens with two attached hydrogens (primary N) is 1. The summed E-state index contributed by atoms with van der Waals surface area (Å²) in [5, 5.41) is 0. The molecule has 1 saturated carbocycles. The first-order valence-electron chi connectivity index (χ1n) is 4.54. The number of hydrogen-bond donors (Lipinski definition) is 1. The molecule has 1 fully saturated rings. The number of hydrogen-bond acceptors (Lipinski definition) is 3. The minimum Gasteiger partial charge on any atom is -0.448 e. The molecule has 1 aromatic rings. The first-order chi connectivity index (χ1) is 5.90. The van der Waals surface area contributed by atoms with Gasteiger partial charge in [-0.1, -0.05) is 12.8 Å². The van der Waals surface area contributed by atoms with Gasteiger partial charge in [0.05, 0.1) is 5.69 Å². The summed E-state index contributed by atoms with van der Waals surface area (Å²) in [7, 11) is 0. The van der Waals surface area contributed by atoms with Crippen LogP contribution in [0, 0.1) is 0 Å². The molecular formula is C9H14N2O. The summed E-state index contributed by atoms with van der Waals surface area (Å²) in [5.74, 6) is 1.46. The monoisotopic (exact) mass is 166 g/mol. The normalized spacial score (nSPS) is 18.8. The molecule has 0 unspecified atom stereocenters. The standard InChI is InChI=1S/C9H14N2O/c10-5-8-6-12-9(11-8)7-3-1-2-4-7/h6-7H,1-5,10H2. The van der Waals surface area contributed by atoms with Crippen LogP contribution in [0.3, 0.4) is 0 Å². The van der Waals surface area contributed by atoms with Crippen LogP contribution in [0.1, 0.15) is 43.2 Å². The highest BCUT2D eigenvalue weighted by Gasteiger charge is 2.21. The molecule has 0 amide bonds. The Hall–Kier alpha value is -0.830. The van der Waals surface area contributed by atoms with E-state index in [1.54, 1.807) is 6.26 Å². The highest BCUT2D eigenvalue weighted by Crippen LogP contribution is 2.33. The molecule has 0 radical (unpaired) electrons. The van der Waals surface area contributed by atoms with Crippen molar-refractivity contribution in [2.75, 3.05) is 0 Å².